The third-order valence-electron chi connectivity index (χ3n) is 5.55. The van der Waals surface area contributed by atoms with E-state index in [4.69, 9.17) is 4.98 Å². The van der Waals surface area contributed by atoms with Crippen LogP contribution in [0.4, 0.5) is 0 Å². The predicted octanol–water partition coefficient (Wildman–Crippen LogP) is 3.61. The van der Waals surface area contributed by atoms with Crippen LogP contribution in [0, 0.1) is 13.8 Å². The molecule has 0 radical (unpaired) electrons. The molecule has 1 aliphatic rings. The molecule has 4 rings (SSSR count). The zero-order valence-corrected chi connectivity index (χ0v) is 20.4. The summed E-state index contributed by atoms with van der Waals surface area (Å²) in [5, 5.41) is 11.5. The number of sulfone groups is 1. The van der Waals surface area contributed by atoms with Gasteiger partial charge in [0.25, 0.3) is 0 Å². The van der Waals surface area contributed by atoms with Crippen LogP contribution in [0.1, 0.15) is 24.5 Å². The number of thioether (sulfide) groups is 1. The van der Waals surface area contributed by atoms with E-state index in [0.717, 1.165) is 22.3 Å². The van der Waals surface area contributed by atoms with Gasteiger partial charge >= 0.3 is 0 Å². The van der Waals surface area contributed by atoms with E-state index < -0.39 is 15.1 Å². The lowest BCUT2D eigenvalue weighted by molar-refractivity contribution is -0.120. The van der Waals surface area contributed by atoms with Crippen LogP contribution >= 0.6 is 11.8 Å². The number of hydrogen-bond donors (Lipinski definition) is 1. The first-order chi connectivity index (χ1) is 15.7. The number of hydrogen-bond acceptors (Lipinski definition) is 7. The smallest absolute Gasteiger partial charge is 0.233 e. The molecule has 0 spiro atoms. The zero-order valence-electron chi connectivity index (χ0n) is 18.8. The first-order valence-electron chi connectivity index (χ1n) is 10.8. The monoisotopic (exact) mass is 482 g/mol. The number of nitrogens with one attached hydrogen (secondary N) is 1. The Labute approximate surface area is 198 Å². The van der Waals surface area contributed by atoms with Crippen LogP contribution in [0.25, 0.3) is 22.5 Å². The topological polar surface area (TPSA) is 102 Å². The van der Waals surface area contributed by atoms with Crippen LogP contribution in [0.15, 0.2) is 53.7 Å². The summed E-state index contributed by atoms with van der Waals surface area (Å²) in [7, 11) is -3.06. The van der Waals surface area contributed by atoms with Crippen LogP contribution in [0.2, 0.25) is 0 Å². The summed E-state index contributed by atoms with van der Waals surface area (Å²) in [6.45, 7) is 5.81. The predicted molar refractivity (Wildman–Crippen MR) is 131 cm³/mol. The van der Waals surface area contributed by atoms with Gasteiger partial charge in [-0.1, -0.05) is 71.4 Å². The lowest BCUT2D eigenvalue weighted by Crippen LogP contribution is -2.40. The fourth-order valence-electron chi connectivity index (χ4n) is 3.62. The van der Waals surface area contributed by atoms with Gasteiger partial charge in [0.15, 0.2) is 9.84 Å². The van der Waals surface area contributed by atoms with Crippen LogP contribution in [0.3, 0.4) is 0 Å². The molecule has 172 valence electrons. The van der Waals surface area contributed by atoms with Crippen molar-refractivity contribution in [3.63, 3.8) is 0 Å². The third-order valence-corrected chi connectivity index (χ3v) is 8.27. The van der Waals surface area contributed by atoms with Crippen molar-refractivity contribution in [2.75, 3.05) is 11.5 Å². The average Bonchev–Trinajstić information content (AvgIpc) is 3.13. The van der Waals surface area contributed by atoms with Gasteiger partial charge in [-0.05, 0) is 27.2 Å². The average molecular weight is 483 g/mol. The van der Waals surface area contributed by atoms with Crippen molar-refractivity contribution >= 4 is 27.5 Å². The minimum Gasteiger partial charge on any atom is -0.351 e. The van der Waals surface area contributed by atoms with Crippen LogP contribution < -0.4 is 5.32 Å². The highest BCUT2D eigenvalue weighted by Crippen LogP contribution is 2.31. The van der Waals surface area contributed by atoms with Crippen LogP contribution in [0.5, 0.6) is 0 Å². The van der Waals surface area contributed by atoms with Crippen molar-refractivity contribution in [2.24, 2.45) is 0 Å². The molecular weight excluding hydrogens is 456 g/mol. The SMILES string of the molecule is Cc1ccc(-c2nnc(S[C@@H](C)C(=O)N[C@@H]3CCS(=O)(=O)C3)nc2-c2ccc(C)cc2)cc1. The number of aromatic nitrogens is 3. The Kier molecular flexibility index (Phi) is 6.81. The normalized spacial score (nSPS) is 18.1. The van der Waals surface area contributed by atoms with E-state index in [1.54, 1.807) is 6.92 Å². The van der Waals surface area contributed by atoms with Gasteiger partial charge < -0.3 is 5.32 Å². The van der Waals surface area contributed by atoms with Gasteiger partial charge in [-0.15, -0.1) is 10.2 Å². The Bertz CT molecular complexity index is 1260. The summed E-state index contributed by atoms with van der Waals surface area (Å²) in [6.07, 6.45) is 0.451. The Morgan fingerprint density at radius 3 is 2.09 bits per heavy atom. The van der Waals surface area contributed by atoms with E-state index in [-0.39, 0.29) is 23.5 Å². The Morgan fingerprint density at radius 1 is 0.970 bits per heavy atom. The molecule has 1 N–H and O–H groups in total. The molecule has 7 nitrogen and oxygen atoms in total. The Hall–Kier alpha value is -2.78. The Balaban J connectivity index is 1.58. The van der Waals surface area contributed by atoms with Crippen molar-refractivity contribution in [2.45, 2.75) is 43.6 Å². The molecule has 0 bridgehead atoms. The molecule has 33 heavy (non-hydrogen) atoms. The second-order valence-electron chi connectivity index (χ2n) is 8.39. The third kappa shape index (κ3) is 5.78. The summed E-state index contributed by atoms with van der Waals surface area (Å²) >= 11 is 1.21. The molecule has 1 aromatic heterocycles. The second kappa shape index (κ2) is 9.61. The number of benzene rings is 2. The van der Waals surface area contributed by atoms with E-state index in [9.17, 15) is 13.2 Å². The van der Waals surface area contributed by atoms with Gasteiger partial charge in [0.2, 0.25) is 11.1 Å². The highest BCUT2D eigenvalue weighted by Gasteiger charge is 2.30. The van der Waals surface area contributed by atoms with Crippen LogP contribution in [-0.2, 0) is 14.6 Å². The molecule has 2 aromatic carbocycles. The van der Waals surface area contributed by atoms with E-state index in [2.05, 4.69) is 15.5 Å². The molecule has 0 saturated carbocycles. The molecule has 1 aliphatic heterocycles. The van der Waals surface area contributed by atoms with Crippen molar-refractivity contribution in [1.82, 2.24) is 20.5 Å². The molecule has 3 aromatic rings. The van der Waals surface area contributed by atoms with Crippen molar-refractivity contribution in [3.05, 3.63) is 59.7 Å². The van der Waals surface area contributed by atoms with E-state index in [1.807, 2.05) is 62.4 Å². The highest BCUT2D eigenvalue weighted by atomic mass is 32.2. The first kappa shape index (κ1) is 23.4. The molecule has 2 heterocycles. The van der Waals surface area contributed by atoms with Crippen molar-refractivity contribution in [1.29, 1.82) is 0 Å². The fourth-order valence-corrected chi connectivity index (χ4v) is 6.02. The quantitative estimate of drug-likeness (QED) is 0.536. The molecule has 0 unspecified atom stereocenters. The summed E-state index contributed by atoms with van der Waals surface area (Å²) < 4.78 is 23.3. The fraction of sp³-hybridized carbons (Fsp3) is 0.333. The van der Waals surface area contributed by atoms with Crippen LogP contribution in [-0.4, -0.2) is 52.3 Å². The summed E-state index contributed by atoms with van der Waals surface area (Å²) in [4.78, 5) is 17.4. The molecule has 1 saturated heterocycles. The van der Waals surface area contributed by atoms with Crippen molar-refractivity contribution < 1.29 is 13.2 Å². The summed E-state index contributed by atoms with van der Waals surface area (Å²) in [6, 6.07) is 15.8. The minimum absolute atomic E-state index is 0.00298. The zero-order chi connectivity index (χ0) is 23.6. The van der Waals surface area contributed by atoms with Gasteiger partial charge in [-0.2, -0.15) is 0 Å². The highest BCUT2D eigenvalue weighted by molar-refractivity contribution is 8.00. The van der Waals surface area contributed by atoms with E-state index in [1.165, 1.54) is 11.8 Å². The molecule has 1 fully saturated rings. The molecular formula is C24H26N4O3S2. The molecule has 2 atom stereocenters. The lowest BCUT2D eigenvalue weighted by Gasteiger charge is -2.15. The molecule has 1 amide bonds. The van der Waals surface area contributed by atoms with Gasteiger partial charge in [0, 0.05) is 17.2 Å². The number of rotatable bonds is 6. The maximum Gasteiger partial charge on any atom is 0.233 e. The second-order valence-corrected chi connectivity index (χ2v) is 11.9. The molecule has 9 heteroatoms. The minimum atomic E-state index is -3.06. The number of carbonyl (C=O) groups excluding carboxylic acids is 1. The Morgan fingerprint density at radius 2 is 1.55 bits per heavy atom. The maximum atomic E-state index is 12.6. The van der Waals surface area contributed by atoms with Gasteiger partial charge in [0.1, 0.15) is 11.4 Å². The van der Waals surface area contributed by atoms with E-state index in [0.29, 0.717) is 23.0 Å². The maximum absolute atomic E-state index is 12.6. The van der Waals surface area contributed by atoms with Crippen molar-refractivity contribution in [3.8, 4) is 22.5 Å². The van der Waals surface area contributed by atoms with E-state index >= 15 is 0 Å². The molecule has 0 aliphatic carbocycles. The standard InChI is InChI=1S/C24H26N4O3S2/c1-15-4-8-18(9-5-15)21-22(19-10-6-16(2)7-11-19)27-28-24(26-21)32-17(3)23(29)25-20-12-13-33(30,31)14-20/h4-11,17,20H,12-14H2,1-3H3,(H,25,29)/t17-,20+/m0/s1. The largest absolute Gasteiger partial charge is 0.351 e. The lowest BCUT2D eigenvalue weighted by atomic mass is 10.0. The summed E-state index contributed by atoms with van der Waals surface area (Å²) in [5.74, 6) is -0.116. The number of nitrogens with zero attached hydrogens (tertiary/aromatic N) is 3. The number of carbonyl (C=O) groups is 1. The van der Waals surface area contributed by atoms with Gasteiger partial charge in [0.05, 0.1) is 16.8 Å². The van der Waals surface area contributed by atoms with Gasteiger partial charge in [-0.3, -0.25) is 4.79 Å². The first-order valence-corrected chi connectivity index (χ1v) is 13.5. The summed E-state index contributed by atoms with van der Waals surface area (Å²) in [5.41, 5.74) is 5.51. The number of amides is 1. The van der Waals surface area contributed by atoms with Gasteiger partial charge in [-0.25, -0.2) is 13.4 Å². The number of aryl methyl sites for hydroxylation is 2.